The van der Waals surface area contributed by atoms with E-state index in [0.29, 0.717) is 13.0 Å². The largest absolute Gasteiger partial charge is 0.354 e. The van der Waals surface area contributed by atoms with Crippen LogP contribution in [0.2, 0.25) is 0 Å². The van der Waals surface area contributed by atoms with E-state index in [1.165, 1.54) is 11.1 Å². The summed E-state index contributed by atoms with van der Waals surface area (Å²) in [6.07, 6.45) is 1.27. The lowest BCUT2D eigenvalue weighted by molar-refractivity contribution is -0.121. The molecule has 1 rings (SSSR count). The molecule has 0 saturated heterocycles. The summed E-state index contributed by atoms with van der Waals surface area (Å²) >= 11 is 0. The SMILES string of the molecule is CC(C)(N)CNC(=O)CCc1ccc(C(C)(C)C)cc1.Cl. The van der Waals surface area contributed by atoms with Gasteiger partial charge in [0.15, 0.2) is 0 Å². The van der Waals surface area contributed by atoms with Gasteiger partial charge in [-0.1, -0.05) is 45.0 Å². The first kappa shape index (κ1) is 19.9. The minimum Gasteiger partial charge on any atom is -0.354 e. The molecule has 0 fully saturated rings. The standard InChI is InChI=1S/C17H28N2O.ClH/c1-16(2,3)14-9-6-13(7-10-14)8-11-15(20)19-12-17(4,5)18;/h6-7,9-10H,8,11-12,18H2,1-5H3,(H,19,20);1H. The zero-order valence-corrected chi connectivity index (χ0v) is 14.6. The van der Waals surface area contributed by atoms with Gasteiger partial charge in [-0.2, -0.15) is 0 Å². The molecule has 0 radical (unpaired) electrons. The van der Waals surface area contributed by atoms with Gasteiger partial charge in [0.2, 0.25) is 5.91 Å². The number of hydrogen-bond donors (Lipinski definition) is 2. The van der Waals surface area contributed by atoms with Gasteiger partial charge in [-0.3, -0.25) is 4.79 Å². The van der Waals surface area contributed by atoms with Crippen molar-refractivity contribution in [3.8, 4) is 0 Å². The van der Waals surface area contributed by atoms with Crippen molar-refractivity contribution in [2.45, 2.75) is 58.4 Å². The lowest BCUT2D eigenvalue weighted by Crippen LogP contribution is -2.45. The van der Waals surface area contributed by atoms with E-state index in [1.807, 2.05) is 13.8 Å². The molecule has 21 heavy (non-hydrogen) atoms. The van der Waals surface area contributed by atoms with Gasteiger partial charge >= 0.3 is 0 Å². The number of benzene rings is 1. The quantitative estimate of drug-likeness (QED) is 0.877. The van der Waals surface area contributed by atoms with Gasteiger partial charge in [-0.05, 0) is 36.8 Å². The number of halogens is 1. The van der Waals surface area contributed by atoms with Crippen LogP contribution in [0.5, 0.6) is 0 Å². The first-order chi connectivity index (χ1) is 9.08. The van der Waals surface area contributed by atoms with Gasteiger partial charge in [0, 0.05) is 18.5 Å². The van der Waals surface area contributed by atoms with Crippen molar-refractivity contribution in [2.24, 2.45) is 5.73 Å². The molecule has 3 N–H and O–H groups in total. The van der Waals surface area contributed by atoms with E-state index < -0.39 is 0 Å². The highest BCUT2D eigenvalue weighted by molar-refractivity contribution is 5.85. The second-order valence-corrected chi connectivity index (χ2v) is 7.21. The maximum Gasteiger partial charge on any atom is 0.220 e. The van der Waals surface area contributed by atoms with Crippen LogP contribution >= 0.6 is 12.4 Å². The molecule has 0 saturated carbocycles. The second kappa shape index (κ2) is 7.81. The predicted octanol–water partition coefficient (Wildman–Crippen LogP) is 3.19. The summed E-state index contributed by atoms with van der Waals surface area (Å²) in [5.41, 5.74) is 8.16. The Morgan fingerprint density at radius 3 is 2.05 bits per heavy atom. The minimum absolute atomic E-state index is 0. The number of nitrogens with one attached hydrogen (secondary N) is 1. The Hall–Kier alpha value is -1.06. The van der Waals surface area contributed by atoms with E-state index in [2.05, 4.69) is 50.4 Å². The summed E-state index contributed by atoms with van der Waals surface area (Å²) in [7, 11) is 0. The Kier molecular flexibility index (Phi) is 7.41. The molecule has 0 spiro atoms. The zero-order chi connectivity index (χ0) is 15.4. The third-order valence-corrected chi connectivity index (χ3v) is 3.20. The number of amides is 1. The van der Waals surface area contributed by atoms with Crippen LogP contribution in [0.4, 0.5) is 0 Å². The topological polar surface area (TPSA) is 55.1 Å². The van der Waals surface area contributed by atoms with E-state index in [9.17, 15) is 4.79 Å². The van der Waals surface area contributed by atoms with E-state index >= 15 is 0 Å². The van der Waals surface area contributed by atoms with Crippen LogP contribution in [0.25, 0.3) is 0 Å². The highest BCUT2D eigenvalue weighted by atomic mass is 35.5. The summed E-state index contributed by atoms with van der Waals surface area (Å²) in [6, 6.07) is 8.52. The summed E-state index contributed by atoms with van der Waals surface area (Å²) < 4.78 is 0. The van der Waals surface area contributed by atoms with Gasteiger partial charge in [0.05, 0.1) is 0 Å². The van der Waals surface area contributed by atoms with E-state index in [1.54, 1.807) is 0 Å². The Labute approximate surface area is 135 Å². The van der Waals surface area contributed by atoms with Crippen molar-refractivity contribution < 1.29 is 4.79 Å². The lowest BCUT2D eigenvalue weighted by atomic mass is 9.86. The Balaban J connectivity index is 0.00000400. The second-order valence-electron chi connectivity index (χ2n) is 7.21. The fraction of sp³-hybridized carbons (Fsp3) is 0.588. The molecule has 1 aromatic carbocycles. The number of carbonyl (C=O) groups is 1. The van der Waals surface area contributed by atoms with Gasteiger partial charge in [-0.25, -0.2) is 0 Å². The molecule has 0 aliphatic heterocycles. The van der Waals surface area contributed by atoms with Gasteiger partial charge in [0.1, 0.15) is 0 Å². The average molecular weight is 313 g/mol. The number of rotatable bonds is 5. The first-order valence-corrected chi connectivity index (χ1v) is 7.23. The van der Waals surface area contributed by atoms with Crippen LogP contribution < -0.4 is 11.1 Å². The first-order valence-electron chi connectivity index (χ1n) is 7.23. The van der Waals surface area contributed by atoms with Crippen molar-refractivity contribution in [1.29, 1.82) is 0 Å². The van der Waals surface area contributed by atoms with Crippen molar-refractivity contribution >= 4 is 18.3 Å². The van der Waals surface area contributed by atoms with E-state index in [-0.39, 0.29) is 29.3 Å². The smallest absolute Gasteiger partial charge is 0.220 e. The number of carbonyl (C=O) groups excluding carboxylic acids is 1. The lowest BCUT2D eigenvalue weighted by Gasteiger charge is -2.19. The molecule has 4 heteroatoms. The Morgan fingerprint density at radius 2 is 1.62 bits per heavy atom. The minimum atomic E-state index is -0.357. The fourth-order valence-electron chi connectivity index (χ4n) is 1.84. The molecule has 1 aromatic rings. The van der Waals surface area contributed by atoms with Gasteiger partial charge < -0.3 is 11.1 Å². The number of nitrogens with two attached hydrogens (primary N) is 1. The maximum absolute atomic E-state index is 11.7. The van der Waals surface area contributed by atoms with E-state index in [4.69, 9.17) is 5.73 Å². The van der Waals surface area contributed by atoms with Crippen LogP contribution in [0.1, 0.15) is 52.2 Å². The summed E-state index contributed by atoms with van der Waals surface area (Å²) in [4.78, 5) is 11.7. The summed E-state index contributed by atoms with van der Waals surface area (Å²) in [5.74, 6) is 0.0587. The van der Waals surface area contributed by atoms with Crippen LogP contribution in [-0.2, 0) is 16.6 Å². The summed E-state index contributed by atoms with van der Waals surface area (Å²) in [6.45, 7) is 10.9. The van der Waals surface area contributed by atoms with Crippen molar-refractivity contribution in [1.82, 2.24) is 5.32 Å². The highest BCUT2D eigenvalue weighted by Gasteiger charge is 2.14. The molecule has 0 aliphatic carbocycles. The molecule has 1 amide bonds. The third kappa shape index (κ3) is 8.08. The summed E-state index contributed by atoms with van der Waals surface area (Å²) in [5, 5.41) is 2.86. The highest BCUT2D eigenvalue weighted by Crippen LogP contribution is 2.22. The predicted molar refractivity (Wildman–Crippen MR) is 92.0 cm³/mol. The Morgan fingerprint density at radius 1 is 1.10 bits per heavy atom. The van der Waals surface area contributed by atoms with Crippen molar-refractivity contribution in [2.75, 3.05) is 6.54 Å². The van der Waals surface area contributed by atoms with Crippen molar-refractivity contribution in [3.63, 3.8) is 0 Å². The number of hydrogen-bond acceptors (Lipinski definition) is 2. The average Bonchev–Trinajstić information content (AvgIpc) is 2.32. The van der Waals surface area contributed by atoms with Gasteiger partial charge in [0.25, 0.3) is 0 Å². The Bertz CT molecular complexity index is 441. The number of aryl methyl sites for hydroxylation is 1. The molecular formula is C17H29ClN2O. The van der Waals surface area contributed by atoms with Crippen molar-refractivity contribution in [3.05, 3.63) is 35.4 Å². The molecule has 0 unspecified atom stereocenters. The van der Waals surface area contributed by atoms with Crippen LogP contribution in [0, 0.1) is 0 Å². The molecule has 0 heterocycles. The van der Waals surface area contributed by atoms with E-state index in [0.717, 1.165) is 6.42 Å². The molecule has 120 valence electrons. The molecular weight excluding hydrogens is 284 g/mol. The van der Waals surface area contributed by atoms with Gasteiger partial charge in [-0.15, -0.1) is 12.4 Å². The third-order valence-electron chi connectivity index (χ3n) is 3.20. The van der Waals surface area contributed by atoms with Crippen LogP contribution in [-0.4, -0.2) is 18.0 Å². The molecule has 0 aromatic heterocycles. The molecule has 3 nitrogen and oxygen atoms in total. The van der Waals surface area contributed by atoms with Crippen LogP contribution in [0.15, 0.2) is 24.3 Å². The molecule has 0 atom stereocenters. The maximum atomic E-state index is 11.7. The van der Waals surface area contributed by atoms with Crippen LogP contribution in [0.3, 0.4) is 0 Å². The monoisotopic (exact) mass is 312 g/mol. The fourth-order valence-corrected chi connectivity index (χ4v) is 1.84. The zero-order valence-electron chi connectivity index (χ0n) is 13.8. The molecule has 0 bridgehead atoms. The molecule has 0 aliphatic rings. The normalized spacial score (nSPS) is 11.7.